The molecular weight excluding hydrogens is 382 g/mol. The number of aromatic nitrogens is 3. The number of fused-ring (bicyclic) bond motifs is 4. The van der Waals surface area contributed by atoms with Gasteiger partial charge in [-0.1, -0.05) is 42.0 Å². The van der Waals surface area contributed by atoms with Gasteiger partial charge in [0.2, 0.25) is 0 Å². The molecule has 0 unspecified atom stereocenters. The molecule has 5 rings (SSSR count). The van der Waals surface area contributed by atoms with Crippen molar-refractivity contribution in [3.63, 3.8) is 0 Å². The highest BCUT2D eigenvalue weighted by Gasteiger charge is 2.22. The molecule has 0 aliphatic heterocycles. The normalized spacial score (nSPS) is 11.6. The average Bonchev–Trinajstić information content (AvgIpc) is 2.75. The van der Waals surface area contributed by atoms with Crippen LogP contribution in [0.3, 0.4) is 0 Å². The first-order chi connectivity index (χ1) is 14.4. The summed E-state index contributed by atoms with van der Waals surface area (Å²) < 4.78 is 7.92. The molecule has 0 radical (unpaired) electrons. The van der Waals surface area contributed by atoms with Gasteiger partial charge in [-0.2, -0.15) is 0 Å². The van der Waals surface area contributed by atoms with E-state index in [1.807, 2.05) is 37.3 Å². The molecule has 0 saturated carbocycles. The molecule has 3 aromatic heterocycles. The maximum Gasteiger partial charge on any atom is 0.346 e. The van der Waals surface area contributed by atoms with Gasteiger partial charge in [-0.05, 0) is 24.6 Å². The molecule has 3 heterocycles. The molecule has 5 aromatic rings. The van der Waals surface area contributed by atoms with Gasteiger partial charge in [0.1, 0.15) is 5.58 Å². The van der Waals surface area contributed by atoms with Gasteiger partial charge in [-0.25, -0.2) is 14.6 Å². The Bertz CT molecular complexity index is 1670. The molecular formula is C23H17N3O4. The summed E-state index contributed by atoms with van der Waals surface area (Å²) in [6.07, 6.45) is 0. The smallest absolute Gasteiger partial charge is 0.346 e. The van der Waals surface area contributed by atoms with Crippen LogP contribution in [0.4, 0.5) is 0 Å². The summed E-state index contributed by atoms with van der Waals surface area (Å²) in [6, 6.07) is 14.6. The summed E-state index contributed by atoms with van der Waals surface area (Å²) in [5, 5.41) is 1.06. The number of hydrogen-bond acceptors (Lipinski definition) is 5. The van der Waals surface area contributed by atoms with E-state index >= 15 is 0 Å². The molecule has 148 valence electrons. The van der Waals surface area contributed by atoms with Crippen LogP contribution in [0.25, 0.3) is 44.0 Å². The monoisotopic (exact) mass is 399 g/mol. The van der Waals surface area contributed by atoms with Crippen molar-refractivity contribution in [1.29, 1.82) is 0 Å². The van der Waals surface area contributed by atoms with Crippen molar-refractivity contribution in [3.05, 3.63) is 85.4 Å². The Kier molecular flexibility index (Phi) is 3.76. The van der Waals surface area contributed by atoms with E-state index in [1.165, 1.54) is 11.6 Å². The maximum atomic E-state index is 13.2. The van der Waals surface area contributed by atoms with Crippen molar-refractivity contribution in [2.75, 3.05) is 0 Å². The molecule has 2 aromatic carbocycles. The van der Waals surface area contributed by atoms with Crippen molar-refractivity contribution in [2.45, 2.75) is 6.92 Å². The molecule has 30 heavy (non-hydrogen) atoms. The topological polar surface area (TPSA) is 87.1 Å². The second-order valence-corrected chi connectivity index (χ2v) is 7.37. The molecule has 0 spiro atoms. The van der Waals surface area contributed by atoms with Crippen LogP contribution < -0.4 is 16.9 Å². The number of para-hydroxylation sites is 1. The number of benzene rings is 2. The summed E-state index contributed by atoms with van der Waals surface area (Å²) in [4.78, 5) is 43.4. The first-order valence-electron chi connectivity index (χ1n) is 9.41. The third-order valence-corrected chi connectivity index (χ3v) is 5.48. The Balaban J connectivity index is 2.19. The minimum atomic E-state index is -0.579. The fourth-order valence-electron chi connectivity index (χ4n) is 3.89. The van der Waals surface area contributed by atoms with Crippen LogP contribution in [0.5, 0.6) is 0 Å². The van der Waals surface area contributed by atoms with Crippen LogP contribution in [-0.4, -0.2) is 14.1 Å². The largest absolute Gasteiger partial charge is 0.422 e. The van der Waals surface area contributed by atoms with Crippen molar-refractivity contribution in [1.82, 2.24) is 14.1 Å². The lowest BCUT2D eigenvalue weighted by atomic mass is 9.97. The standard InChI is InChI=1S/C23H17N3O4/c1-12-8-10-13(11-9-12)16-17-19(14-6-4-5-7-15(14)30-22(17)28)24-20-18(16)21(27)26(3)23(29)25(20)2/h4-11H,1-3H3. The number of pyridine rings is 1. The summed E-state index contributed by atoms with van der Waals surface area (Å²) in [5.41, 5.74) is 1.58. The molecule has 0 saturated heterocycles. The summed E-state index contributed by atoms with van der Waals surface area (Å²) in [6.45, 7) is 1.96. The van der Waals surface area contributed by atoms with E-state index in [2.05, 4.69) is 4.98 Å². The fraction of sp³-hybridized carbons (Fsp3) is 0.130. The van der Waals surface area contributed by atoms with Crippen LogP contribution >= 0.6 is 0 Å². The number of nitrogens with zero attached hydrogens (tertiary/aromatic N) is 3. The zero-order valence-corrected chi connectivity index (χ0v) is 16.6. The zero-order chi connectivity index (χ0) is 21.2. The molecule has 0 N–H and O–H groups in total. The first-order valence-corrected chi connectivity index (χ1v) is 9.41. The number of aryl methyl sites for hydroxylation is 2. The number of hydrogen-bond donors (Lipinski definition) is 0. The molecule has 7 nitrogen and oxygen atoms in total. The maximum absolute atomic E-state index is 13.2. The second kappa shape index (κ2) is 6.25. The molecule has 0 atom stereocenters. The van der Waals surface area contributed by atoms with E-state index in [4.69, 9.17) is 4.42 Å². The van der Waals surface area contributed by atoms with Crippen LogP contribution in [0.1, 0.15) is 5.56 Å². The average molecular weight is 399 g/mol. The molecule has 0 aliphatic rings. The van der Waals surface area contributed by atoms with Crippen LogP contribution in [-0.2, 0) is 14.1 Å². The minimum absolute atomic E-state index is 0.207. The van der Waals surface area contributed by atoms with Crippen LogP contribution in [0.2, 0.25) is 0 Å². The van der Waals surface area contributed by atoms with E-state index < -0.39 is 16.9 Å². The highest BCUT2D eigenvalue weighted by atomic mass is 16.4. The van der Waals surface area contributed by atoms with Gasteiger partial charge in [-0.3, -0.25) is 13.9 Å². The third-order valence-electron chi connectivity index (χ3n) is 5.48. The fourth-order valence-corrected chi connectivity index (χ4v) is 3.89. The van der Waals surface area contributed by atoms with Crippen LogP contribution in [0, 0.1) is 6.92 Å². The van der Waals surface area contributed by atoms with E-state index in [0.29, 0.717) is 27.6 Å². The SMILES string of the molecule is Cc1ccc(-c2c3c(=O)oc4ccccc4c3nc3c2c(=O)n(C)c(=O)n3C)cc1. The number of rotatable bonds is 1. The van der Waals surface area contributed by atoms with Crippen molar-refractivity contribution in [3.8, 4) is 11.1 Å². The Labute approximate surface area is 169 Å². The lowest BCUT2D eigenvalue weighted by Gasteiger charge is -2.14. The molecule has 0 bridgehead atoms. The van der Waals surface area contributed by atoms with Gasteiger partial charge in [0.25, 0.3) is 5.56 Å². The molecule has 0 amide bonds. The molecule has 0 fully saturated rings. The van der Waals surface area contributed by atoms with E-state index in [1.54, 1.807) is 25.2 Å². The quantitative estimate of drug-likeness (QED) is 0.246. The van der Waals surface area contributed by atoms with Gasteiger partial charge in [-0.15, -0.1) is 0 Å². The summed E-state index contributed by atoms with van der Waals surface area (Å²) in [5.74, 6) is 0. The van der Waals surface area contributed by atoms with Crippen LogP contribution in [0.15, 0.2) is 67.3 Å². The molecule has 0 aliphatic carbocycles. The van der Waals surface area contributed by atoms with Gasteiger partial charge < -0.3 is 4.42 Å². The summed E-state index contributed by atoms with van der Waals surface area (Å²) in [7, 11) is 2.98. The second-order valence-electron chi connectivity index (χ2n) is 7.37. The summed E-state index contributed by atoms with van der Waals surface area (Å²) >= 11 is 0. The van der Waals surface area contributed by atoms with Crippen molar-refractivity contribution in [2.24, 2.45) is 14.1 Å². The zero-order valence-electron chi connectivity index (χ0n) is 16.6. The predicted molar refractivity (Wildman–Crippen MR) is 116 cm³/mol. The highest BCUT2D eigenvalue weighted by molar-refractivity contribution is 6.14. The lowest BCUT2D eigenvalue weighted by Crippen LogP contribution is -2.37. The van der Waals surface area contributed by atoms with Gasteiger partial charge in [0.05, 0.1) is 16.3 Å². The Morgan fingerprint density at radius 1 is 0.867 bits per heavy atom. The Morgan fingerprint density at radius 2 is 1.57 bits per heavy atom. The van der Waals surface area contributed by atoms with Gasteiger partial charge in [0.15, 0.2) is 5.65 Å². The van der Waals surface area contributed by atoms with Crippen molar-refractivity contribution >= 4 is 32.9 Å². The minimum Gasteiger partial charge on any atom is -0.422 e. The highest BCUT2D eigenvalue weighted by Crippen LogP contribution is 2.34. The van der Waals surface area contributed by atoms with E-state index in [-0.39, 0.29) is 16.4 Å². The van der Waals surface area contributed by atoms with Gasteiger partial charge in [0, 0.05) is 25.0 Å². The van der Waals surface area contributed by atoms with Gasteiger partial charge >= 0.3 is 11.3 Å². The third kappa shape index (κ3) is 2.38. The van der Waals surface area contributed by atoms with Crippen molar-refractivity contribution < 1.29 is 4.42 Å². The lowest BCUT2D eigenvalue weighted by molar-refractivity contribution is 0.569. The Hall–Kier alpha value is -4.00. The molecule has 7 heteroatoms. The Morgan fingerprint density at radius 3 is 2.30 bits per heavy atom. The predicted octanol–water partition coefficient (Wildman–Crippen LogP) is 2.87. The van der Waals surface area contributed by atoms with E-state index in [0.717, 1.165) is 10.1 Å². The van der Waals surface area contributed by atoms with E-state index in [9.17, 15) is 14.4 Å². The first kappa shape index (κ1) is 18.1.